The standard InChI is InChI=1S/C35H42N8O4/c1-4-22(2)30-33(45)37-28(21-24-9-6-5-7-10-24)32-36-23(3)40-43(32)20-19-42(18-8-11-29(44)38-30)35(46)27-16-12-25(13-17-27)31-39-34(47-41-31)26-14-15-26/h5-7,9-10,12-13,16-17,22,26,28,30H,4,8,11,14-15,18-21H2,1-3H3,(H,37,45)(H,38,44)/t22-,28-,30-/m0/s1. The van der Waals surface area contributed by atoms with Crippen molar-refractivity contribution in [3.05, 3.63) is 83.3 Å². The van der Waals surface area contributed by atoms with Crippen LogP contribution in [0.25, 0.3) is 11.4 Å². The first-order valence-corrected chi connectivity index (χ1v) is 16.6. The lowest BCUT2D eigenvalue weighted by Crippen LogP contribution is -2.51. The topological polar surface area (TPSA) is 148 Å². The lowest BCUT2D eigenvalue weighted by molar-refractivity contribution is -0.130. The molecule has 246 valence electrons. The van der Waals surface area contributed by atoms with Gasteiger partial charge in [0.25, 0.3) is 5.91 Å². The number of hydrogen-bond acceptors (Lipinski definition) is 8. The molecule has 0 bridgehead atoms. The summed E-state index contributed by atoms with van der Waals surface area (Å²) in [6.45, 7) is 6.85. The van der Waals surface area contributed by atoms with Gasteiger partial charge in [-0.2, -0.15) is 10.1 Å². The second kappa shape index (κ2) is 14.3. The predicted molar refractivity (Wildman–Crippen MR) is 174 cm³/mol. The maximum atomic E-state index is 13.9. The summed E-state index contributed by atoms with van der Waals surface area (Å²) in [5.41, 5.74) is 2.33. The molecule has 0 radical (unpaired) electrons. The zero-order chi connectivity index (χ0) is 32.9. The van der Waals surface area contributed by atoms with Gasteiger partial charge in [-0.05, 0) is 56.2 Å². The molecule has 1 aliphatic heterocycles. The molecule has 47 heavy (non-hydrogen) atoms. The van der Waals surface area contributed by atoms with E-state index in [1.165, 1.54) is 0 Å². The van der Waals surface area contributed by atoms with Crippen molar-refractivity contribution in [3.8, 4) is 11.4 Å². The van der Waals surface area contributed by atoms with Gasteiger partial charge in [0.1, 0.15) is 17.7 Å². The van der Waals surface area contributed by atoms with Gasteiger partial charge in [-0.25, -0.2) is 9.67 Å². The third-order valence-electron chi connectivity index (χ3n) is 8.99. The van der Waals surface area contributed by atoms with E-state index in [-0.39, 0.29) is 30.1 Å². The first-order valence-electron chi connectivity index (χ1n) is 16.6. The monoisotopic (exact) mass is 638 g/mol. The average molecular weight is 639 g/mol. The quantitative estimate of drug-likeness (QED) is 0.303. The number of fused-ring (bicyclic) bond motifs is 1. The molecule has 3 atom stereocenters. The van der Waals surface area contributed by atoms with E-state index in [0.29, 0.717) is 73.7 Å². The lowest BCUT2D eigenvalue weighted by Gasteiger charge is -2.28. The third-order valence-corrected chi connectivity index (χ3v) is 8.99. The Morgan fingerprint density at radius 3 is 2.49 bits per heavy atom. The summed E-state index contributed by atoms with van der Waals surface area (Å²) < 4.78 is 7.20. The predicted octanol–water partition coefficient (Wildman–Crippen LogP) is 4.38. The number of amides is 3. The summed E-state index contributed by atoms with van der Waals surface area (Å²) in [5, 5.41) is 15.0. The normalized spacial score (nSPS) is 20.1. The summed E-state index contributed by atoms with van der Waals surface area (Å²) in [6.07, 6.45) is 3.98. The highest BCUT2D eigenvalue weighted by Gasteiger charge is 2.32. The SMILES string of the molecule is CC[C@H](C)[C@@H]1NC(=O)CCCN(C(=O)c2ccc(-c3noc(C4CC4)n3)cc2)CCn2nc(C)nc2[C@H](Cc2ccccc2)NC1=O. The van der Waals surface area contributed by atoms with Gasteiger partial charge in [0.05, 0.1) is 12.6 Å². The van der Waals surface area contributed by atoms with Crippen LogP contribution in [-0.2, 0) is 22.6 Å². The number of nitrogens with one attached hydrogen (secondary N) is 2. The minimum atomic E-state index is -0.706. The fourth-order valence-electron chi connectivity index (χ4n) is 5.91. The van der Waals surface area contributed by atoms with Crippen molar-refractivity contribution >= 4 is 17.7 Å². The van der Waals surface area contributed by atoms with E-state index in [0.717, 1.165) is 24.0 Å². The second-order valence-corrected chi connectivity index (χ2v) is 12.6. The highest BCUT2D eigenvalue weighted by Crippen LogP contribution is 2.39. The number of aryl methyl sites for hydroxylation is 1. The Labute approximate surface area is 274 Å². The molecule has 3 amide bonds. The Morgan fingerprint density at radius 1 is 1.00 bits per heavy atom. The van der Waals surface area contributed by atoms with Crippen LogP contribution in [0.15, 0.2) is 59.1 Å². The summed E-state index contributed by atoms with van der Waals surface area (Å²) in [6, 6.07) is 15.9. The third kappa shape index (κ3) is 7.75. The molecule has 0 spiro atoms. The minimum absolute atomic E-state index is 0.0855. The Kier molecular flexibility index (Phi) is 9.74. The van der Waals surface area contributed by atoms with Crippen LogP contribution in [0.5, 0.6) is 0 Å². The van der Waals surface area contributed by atoms with Crippen molar-refractivity contribution in [1.29, 1.82) is 0 Å². The molecule has 2 aromatic heterocycles. The molecule has 12 heteroatoms. The Morgan fingerprint density at radius 2 is 1.77 bits per heavy atom. The first-order chi connectivity index (χ1) is 22.8. The number of carbonyl (C=O) groups excluding carboxylic acids is 3. The van der Waals surface area contributed by atoms with Crippen LogP contribution in [-0.4, -0.2) is 66.7 Å². The molecule has 0 unspecified atom stereocenters. The molecule has 2 N–H and O–H groups in total. The van der Waals surface area contributed by atoms with Crippen LogP contribution in [0.1, 0.15) is 91.4 Å². The molecule has 3 heterocycles. The van der Waals surface area contributed by atoms with Crippen molar-refractivity contribution in [2.45, 2.75) is 83.8 Å². The molecule has 1 fully saturated rings. The van der Waals surface area contributed by atoms with Crippen molar-refractivity contribution < 1.29 is 18.9 Å². The van der Waals surface area contributed by atoms with Gasteiger partial charge in [0.2, 0.25) is 23.5 Å². The van der Waals surface area contributed by atoms with Crippen molar-refractivity contribution in [1.82, 2.24) is 40.4 Å². The largest absolute Gasteiger partial charge is 0.344 e. The fourth-order valence-corrected chi connectivity index (χ4v) is 5.91. The summed E-state index contributed by atoms with van der Waals surface area (Å²) in [4.78, 5) is 51.8. The summed E-state index contributed by atoms with van der Waals surface area (Å²) >= 11 is 0. The maximum absolute atomic E-state index is 13.9. The van der Waals surface area contributed by atoms with Gasteiger partial charge in [-0.3, -0.25) is 14.4 Å². The zero-order valence-electron chi connectivity index (χ0n) is 27.2. The van der Waals surface area contributed by atoms with E-state index in [1.54, 1.807) is 21.7 Å². The van der Waals surface area contributed by atoms with Gasteiger partial charge < -0.3 is 20.1 Å². The number of rotatable bonds is 7. The zero-order valence-corrected chi connectivity index (χ0v) is 27.2. The summed E-state index contributed by atoms with van der Waals surface area (Å²) in [5.74, 6) is 2.01. The summed E-state index contributed by atoms with van der Waals surface area (Å²) in [7, 11) is 0. The Hall–Kier alpha value is -4.87. The number of benzene rings is 2. The maximum Gasteiger partial charge on any atom is 0.253 e. The van der Waals surface area contributed by atoms with E-state index in [4.69, 9.17) is 9.51 Å². The Bertz CT molecular complexity index is 1700. The van der Waals surface area contributed by atoms with Gasteiger partial charge in [0, 0.05) is 36.6 Å². The smallest absolute Gasteiger partial charge is 0.253 e. The van der Waals surface area contributed by atoms with Gasteiger partial charge in [-0.1, -0.05) is 67.9 Å². The van der Waals surface area contributed by atoms with Crippen molar-refractivity contribution in [2.75, 3.05) is 13.1 Å². The van der Waals surface area contributed by atoms with E-state index >= 15 is 0 Å². The van der Waals surface area contributed by atoms with Crippen LogP contribution in [0.3, 0.4) is 0 Å². The Balaban J connectivity index is 1.27. The van der Waals surface area contributed by atoms with E-state index in [2.05, 4.69) is 25.9 Å². The number of aromatic nitrogens is 5. The van der Waals surface area contributed by atoms with Crippen LogP contribution in [0.4, 0.5) is 0 Å². The van der Waals surface area contributed by atoms with Gasteiger partial charge in [-0.15, -0.1) is 0 Å². The van der Waals surface area contributed by atoms with E-state index in [1.807, 2.05) is 63.2 Å². The second-order valence-electron chi connectivity index (χ2n) is 12.6. The first kappa shape index (κ1) is 32.1. The average Bonchev–Trinajstić information content (AvgIpc) is 3.69. The highest BCUT2D eigenvalue weighted by molar-refractivity contribution is 5.94. The molecule has 1 saturated carbocycles. The van der Waals surface area contributed by atoms with Crippen molar-refractivity contribution in [3.63, 3.8) is 0 Å². The number of hydrogen-bond donors (Lipinski definition) is 2. The highest BCUT2D eigenvalue weighted by atomic mass is 16.5. The number of nitrogens with zero attached hydrogens (tertiary/aromatic N) is 6. The molecule has 12 nitrogen and oxygen atoms in total. The molecular weight excluding hydrogens is 596 g/mol. The fraction of sp³-hybridized carbons (Fsp3) is 0.457. The molecule has 4 aromatic rings. The minimum Gasteiger partial charge on any atom is -0.344 e. The van der Waals surface area contributed by atoms with Crippen molar-refractivity contribution in [2.24, 2.45) is 5.92 Å². The molecular formula is C35H42N8O4. The lowest BCUT2D eigenvalue weighted by atomic mass is 9.97. The van der Waals surface area contributed by atoms with E-state index < -0.39 is 12.1 Å². The van der Waals surface area contributed by atoms with Crippen LogP contribution < -0.4 is 10.6 Å². The van der Waals surface area contributed by atoms with Crippen LogP contribution in [0, 0.1) is 12.8 Å². The molecule has 0 saturated heterocycles. The van der Waals surface area contributed by atoms with Crippen LogP contribution >= 0.6 is 0 Å². The molecule has 2 aromatic carbocycles. The molecule has 6 rings (SSSR count). The van der Waals surface area contributed by atoms with Crippen LogP contribution in [0.2, 0.25) is 0 Å². The van der Waals surface area contributed by atoms with E-state index in [9.17, 15) is 14.4 Å². The van der Waals surface area contributed by atoms with Gasteiger partial charge in [0.15, 0.2) is 0 Å². The van der Waals surface area contributed by atoms with Gasteiger partial charge >= 0.3 is 0 Å². The molecule has 1 aliphatic carbocycles. The molecule has 2 aliphatic rings. The number of carbonyl (C=O) groups is 3.